The lowest BCUT2D eigenvalue weighted by atomic mass is 10.6. The molecule has 10 heteroatoms. The van der Waals surface area contributed by atoms with Gasteiger partial charge in [0.15, 0.2) is 10.9 Å². The van der Waals surface area contributed by atoms with Gasteiger partial charge in [-0.1, -0.05) is 0 Å². The highest BCUT2D eigenvalue weighted by atomic mass is 32.2. The van der Waals surface area contributed by atoms with Crippen LogP contribution in [0.2, 0.25) is 0 Å². The Balaban J connectivity index is 2.21. The van der Waals surface area contributed by atoms with Gasteiger partial charge in [-0.3, -0.25) is 0 Å². The minimum Gasteiger partial charge on any atom is -0.328 e. The third-order valence-electron chi connectivity index (χ3n) is 1.77. The van der Waals surface area contributed by atoms with E-state index in [0.717, 1.165) is 0 Å². The lowest BCUT2D eigenvalue weighted by Crippen LogP contribution is -2.12. The molecule has 0 aliphatic heterocycles. The molecule has 0 saturated heterocycles. The molecule has 0 unspecified atom stereocenters. The number of sulfonamides is 1. The van der Waals surface area contributed by atoms with Gasteiger partial charge in [-0.25, -0.2) is 18.5 Å². The molecular formula is C6H9N7O2S. The predicted molar refractivity (Wildman–Crippen MR) is 51.5 cm³/mol. The van der Waals surface area contributed by atoms with Crippen molar-refractivity contribution in [2.75, 3.05) is 0 Å². The third kappa shape index (κ3) is 2.23. The molecule has 0 atom stereocenters. The summed E-state index contributed by atoms with van der Waals surface area (Å²) in [6, 6.07) is 0. The van der Waals surface area contributed by atoms with Gasteiger partial charge >= 0.3 is 0 Å². The average Bonchev–Trinajstić information content (AvgIpc) is 2.74. The van der Waals surface area contributed by atoms with E-state index in [1.54, 1.807) is 7.05 Å². The van der Waals surface area contributed by atoms with Crippen molar-refractivity contribution < 1.29 is 8.42 Å². The Kier molecular flexibility index (Phi) is 2.44. The zero-order valence-corrected chi connectivity index (χ0v) is 9.16. The van der Waals surface area contributed by atoms with Gasteiger partial charge in [0.2, 0.25) is 0 Å². The quantitative estimate of drug-likeness (QED) is 0.672. The minimum atomic E-state index is -3.76. The Morgan fingerprint density at radius 3 is 2.75 bits per heavy atom. The number of aromatic nitrogens is 6. The number of nitrogens with zero attached hydrogens (tertiary/aromatic N) is 6. The second-order valence-electron chi connectivity index (χ2n) is 3.12. The number of tetrazole rings is 1. The average molecular weight is 243 g/mol. The first-order valence-electron chi connectivity index (χ1n) is 4.22. The number of imidazole rings is 1. The first-order valence-corrected chi connectivity index (χ1v) is 5.77. The Labute approximate surface area is 90.9 Å². The molecule has 2 aromatic rings. The monoisotopic (exact) mass is 243 g/mol. The Morgan fingerprint density at radius 2 is 2.25 bits per heavy atom. The molecule has 0 saturated carbocycles. The van der Waals surface area contributed by atoms with Crippen LogP contribution in [0, 0.1) is 0 Å². The van der Waals surface area contributed by atoms with Crippen LogP contribution in [-0.4, -0.2) is 38.2 Å². The fourth-order valence-electron chi connectivity index (χ4n) is 1.12. The Morgan fingerprint density at radius 1 is 1.50 bits per heavy atom. The van der Waals surface area contributed by atoms with Crippen molar-refractivity contribution in [3.05, 3.63) is 18.3 Å². The molecule has 0 bridgehead atoms. The second-order valence-corrected chi connectivity index (χ2v) is 4.63. The van der Waals surface area contributed by atoms with Crippen molar-refractivity contribution in [1.82, 2.24) is 29.8 Å². The summed E-state index contributed by atoms with van der Waals surface area (Å²) < 4.78 is 23.4. The standard InChI is InChI=1S/C6H9N7O2S/c1-12-10-5(9-11-12)2-13-3-6(8-4-13)16(7,14)15/h3-4H,2H2,1H3,(H2,7,14,15). The Hall–Kier alpha value is -1.81. The van der Waals surface area contributed by atoms with Gasteiger partial charge in [0.25, 0.3) is 10.0 Å². The highest BCUT2D eigenvalue weighted by Crippen LogP contribution is 2.03. The van der Waals surface area contributed by atoms with Crippen LogP contribution in [0.5, 0.6) is 0 Å². The third-order valence-corrected chi connectivity index (χ3v) is 2.57. The number of nitrogens with two attached hydrogens (primary N) is 1. The summed E-state index contributed by atoms with van der Waals surface area (Å²) in [4.78, 5) is 4.97. The largest absolute Gasteiger partial charge is 0.328 e. The highest BCUT2D eigenvalue weighted by molar-refractivity contribution is 7.89. The van der Waals surface area contributed by atoms with E-state index >= 15 is 0 Å². The summed E-state index contributed by atoms with van der Waals surface area (Å²) in [5.74, 6) is 0.459. The lowest BCUT2D eigenvalue weighted by molar-refractivity contribution is 0.594. The molecule has 0 aliphatic carbocycles. The summed E-state index contributed by atoms with van der Waals surface area (Å²) in [5, 5.41) is 16.1. The van der Waals surface area contributed by atoms with E-state index in [4.69, 9.17) is 5.14 Å². The minimum absolute atomic E-state index is 0.184. The molecule has 2 rings (SSSR count). The summed E-state index contributed by atoms with van der Waals surface area (Å²) in [7, 11) is -2.12. The molecule has 86 valence electrons. The number of hydrogen-bond acceptors (Lipinski definition) is 6. The van der Waals surface area contributed by atoms with E-state index < -0.39 is 10.0 Å². The molecule has 0 radical (unpaired) electrons. The smallest absolute Gasteiger partial charge is 0.257 e. The molecule has 0 fully saturated rings. The van der Waals surface area contributed by atoms with Crippen LogP contribution in [0.3, 0.4) is 0 Å². The first-order chi connectivity index (χ1) is 7.45. The summed E-state index contributed by atoms with van der Waals surface area (Å²) in [6.45, 7) is 0.288. The fourth-order valence-corrected chi connectivity index (χ4v) is 1.60. The van der Waals surface area contributed by atoms with E-state index in [0.29, 0.717) is 5.82 Å². The number of primary sulfonamides is 1. The van der Waals surface area contributed by atoms with Gasteiger partial charge in [-0.2, -0.15) is 4.80 Å². The maximum absolute atomic E-state index is 11.0. The fraction of sp³-hybridized carbons (Fsp3) is 0.333. The maximum Gasteiger partial charge on any atom is 0.257 e. The van der Waals surface area contributed by atoms with Crippen molar-refractivity contribution >= 4 is 10.0 Å². The van der Waals surface area contributed by atoms with Gasteiger partial charge in [0, 0.05) is 6.20 Å². The normalized spacial score (nSPS) is 11.9. The molecule has 16 heavy (non-hydrogen) atoms. The number of rotatable bonds is 3. The van der Waals surface area contributed by atoms with Crippen molar-refractivity contribution in [3.8, 4) is 0 Å². The molecular weight excluding hydrogens is 234 g/mol. The molecule has 0 aromatic carbocycles. The van der Waals surface area contributed by atoms with Gasteiger partial charge < -0.3 is 4.57 Å². The number of hydrogen-bond donors (Lipinski definition) is 1. The van der Waals surface area contributed by atoms with Crippen molar-refractivity contribution in [3.63, 3.8) is 0 Å². The van der Waals surface area contributed by atoms with E-state index in [2.05, 4.69) is 20.4 Å². The summed E-state index contributed by atoms with van der Waals surface area (Å²) >= 11 is 0. The van der Waals surface area contributed by atoms with Crippen LogP contribution in [0.25, 0.3) is 0 Å². The van der Waals surface area contributed by atoms with Crippen LogP contribution in [-0.2, 0) is 23.6 Å². The van der Waals surface area contributed by atoms with Crippen molar-refractivity contribution in [2.45, 2.75) is 11.6 Å². The van der Waals surface area contributed by atoms with Crippen LogP contribution in [0.1, 0.15) is 5.82 Å². The molecule has 0 aliphatic rings. The van der Waals surface area contributed by atoms with Crippen LogP contribution < -0.4 is 5.14 Å². The Bertz CT molecular complexity index is 598. The number of aryl methyl sites for hydroxylation is 1. The van der Waals surface area contributed by atoms with E-state index in [1.165, 1.54) is 21.9 Å². The van der Waals surface area contributed by atoms with Gasteiger partial charge in [0.05, 0.1) is 19.9 Å². The van der Waals surface area contributed by atoms with Crippen molar-refractivity contribution in [2.24, 2.45) is 12.2 Å². The second kappa shape index (κ2) is 3.64. The topological polar surface area (TPSA) is 122 Å². The van der Waals surface area contributed by atoms with Crippen LogP contribution in [0.4, 0.5) is 0 Å². The summed E-state index contributed by atoms with van der Waals surface area (Å²) in [6.07, 6.45) is 2.65. The highest BCUT2D eigenvalue weighted by Gasteiger charge is 2.12. The van der Waals surface area contributed by atoms with Gasteiger partial charge in [0.1, 0.15) is 0 Å². The van der Waals surface area contributed by atoms with Crippen molar-refractivity contribution in [1.29, 1.82) is 0 Å². The predicted octanol–water partition coefficient (Wildman–Crippen LogP) is -1.90. The van der Waals surface area contributed by atoms with E-state index in [1.807, 2.05) is 0 Å². The van der Waals surface area contributed by atoms with E-state index in [-0.39, 0.29) is 11.6 Å². The maximum atomic E-state index is 11.0. The molecule has 2 heterocycles. The first kappa shape index (κ1) is 10.7. The summed E-state index contributed by atoms with van der Waals surface area (Å²) in [5.41, 5.74) is 0. The zero-order valence-electron chi connectivity index (χ0n) is 8.35. The molecule has 0 spiro atoms. The lowest BCUT2D eigenvalue weighted by Gasteiger charge is -1.94. The molecule has 0 amide bonds. The molecule has 9 nitrogen and oxygen atoms in total. The van der Waals surface area contributed by atoms with E-state index in [9.17, 15) is 8.42 Å². The van der Waals surface area contributed by atoms with Crippen LogP contribution >= 0.6 is 0 Å². The van der Waals surface area contributed by atoms with Gasteiger partial charge in [-0.15, -0.1) is 10.2 Å². The van der Waals surface area contributed by atoms with Gasteiger partial charge in [-0.05, 0) is 5.21 Å². The van der Waals surface area contributed by atoms with Crippen LogP contribution in [0.15, 0.2) is 17.6 Å². The molecule has 2 N–H and O–H groups in total. The molecule has 2 aromatic heterocycles. The zero-order chi connectivity index (χ0) is 11.8. The SMILES string of the molecule is Cn1nnc(Cn2cnc(S(N)(=O)=O)c2)n1.